The summed E-state index contributed by atoms with van der Waals surface area (Å²) in [4.78, 5) is 12.7. The van der Waals surface area contributed by atoms with Crippen molar-refractivity contribution in [3.8, 4) is 0 Å². The maximum atomic E-state index is 13.2. The minimum atomic E-state index is -3.66. The van der Waals surface area contributed by atoms with Crippen molar-refractivity contribution in [3.05, 3.63) is 39.1 Å². The molecule has 0 spiro atoms. The number of rotatable bonds is 4. The summed E-state index contributed by atoms with van der Waals surface area (Å²) in [5, 5.41) is 11.3. The third-order valence-electron chi connectivity index (χ3n) is 5.61. The molecular formula is C18H25N5O3S. The zero-order valence-electron chi connectivity index (χ0n) is 15.7. The fourth-order valence-corrected chi connectivity index (χ4v) is 6.30. The Morgan fingerprint density at radius 3 is 2.74 bits per heavy atom. The summed E-state index contributed by atoms with van der Waals surface area (Å²) < 4.78 is 29.4. The van der Waals surface area contributed by atoms with Crippen LogP contribution < -0.4 is 5.56 Å². The summed E-state index contributed by atoms with van der Waals surface area (Å²) in [6.45, 7) is 4.16. The maximum absolute atomic E-state index is 13.2. The molecule has 9 heteroatoms. The number of hydrogen-bond donors (Lipinski definition) is 1. The second-order valence-electron chi connectivity index (χ2n) is 7.52. The molecule has 0 saturated carbocycles. The number of aromatic amines is 1. The zero-order valence-corrected chi connectivity index (χ0v) is 16.5. The molecule has 3 heterocycles. The van der Waals surface area contributed by atoms with Gasteiger partial charge in [-0.2, -0.15) is 14.5 Å². The van der Waals surface area contributed by atoms with E-state index in [1.54, 1.807) is 19.9 Å². The topological polar surface area (TPSA) is 101 Å². The first-order valence-electron chi connectivity index (χ1n) is 9.51. The lowest BCUT2D eigenvalue weighted by Gasteiger charge is -2.25. The van der Waals surface area contributed by atoms with Gasteiger partial charge in [0.25, 0.3) is 5.56 Å². The van der Waals surface area contributed by atoms with Crippen LogP contribution in [-0.2, 0) is 29.4 Å². The Labute approximate surface area is 158 Å². The van der Waals surface area contributed by atoms with Gasteiger partial charge in [0.05, 0.1) is 23.6 Å². The summed E-state index contributed by atoms with van der Waals surface area (Å²) in [7, 11) is -3.66. The maximum Gasteiger partial charge on any atom is 0.267 e. The van der Waals surface area contributed by atoms with Crippen molar-refractivity contribution in [2.45, 2.75) is 69.9 Å². The Kier molecular flexibility index (Phi) is 4.67. The molecule has 8 nitrogen and oxygen atoms in total. The highest BCUT2D eigenvalue weighted by atomic mass is 32.2. The molecule has 1 aliphatic heterocycles. The van der Waals surface area contributed by atoms with E-state index in [-0.39, 0.29) is 16.5 Å². The number of hydrogen-bond acceptors (Lipinski definition) is 5. The van der Waals surface area contributed by atoms with E-state index in [0.29, 0.717) is 24.5 Å². The lowest BCUT2D eigenvalue weighted by molar-refractivity contribution is 0.332. The standard InChI is InChI=1S/C18H25N5O3S/c1-12-18(13(2)20-19-12)27(25,26)23-9-5-7-15(23)11-22-17(24)10-14-6-3-4-8-16(14)21-22/h10,15H,3-9,11H2,1-2H3,(H,19,20). The molecule has 2 aromatic heterocycles. The fourth-order valence-electron chi connectivity index (χ4n) is 4.28. The molecule has 0 radical (unpaired) electrons. The number of H-pyrrole nitrogens is 1. The van der Waals surface area contributed by atoms with Gasteiger partial charge in [0, 0.05) is 18.7 Å². The first-order valence-corrected chi connectivity index (χ1v) is 11.0. The van der Waals surface area contributed by atoms with Gasteiger partial charge in [-0.05, 0) is 57.9 Å². The van der Waals surface area contributed by atoms with Gasteiger partial charge in [-0.3, -0.25) is 9.89 Å². The van der Waals surface area contributed by atoms with Crippen molar-refractivity contribution in [1.29, 1.82) is 0 Å². The van der Waals surface area contributed by atoms with Crippen LogP contribution in [0.3, 0.4) is 0 Å². The van der Waals surface area contributed by atoms with Crippen LogP contribution in [0.15, 0.2) is 15.8 Å². The molecule has 0 bridgehead atoms. The number of fused-ring (bicyclic) bond motifs is 1. The Balaban J connectivity index is 1.64. The van der Waals surface area contributed by atoms with E-state index in [0.717, 1.165) is 49.8 Å². The van der Waals surface area contributed by atoms with Crippen molar-refractivity contribution in [2.24, 2.45) is 0 Å². The van der Waals surface area contributed by atoms with Gasteiger partial charge in [-0.15, -0.1) is 0 Å². The normalized spacial score (nSPS) is 20.7. The largest absolute Gasteiger partial charge is 0.281 e. The molecule has 27 heavy (non-hydrogen) atoms. The van der Waals surface area contributed by atoms with Crippen LogP contribution >= 0.6 is 0 Å². The second-order valence-corrected chi connectivity index (χ2v) is 9.35. The minimum Gasteiger partial charge on any atom is -0.281 e. The van der Waals surface area contributed by atoms with Crippen LogP contribution in [0.1, 0.15) is 48.3 Å². The molecule has 1 unspecified atom stereocenters. The molecule has 1 N–H and O–H groups in total. The molecule has 1 saturated heterocycles. The van der Waals surface area contributed by atoms with Crippen molar-refractivity contribution in [1.82, 2.24) is 24.3 Å². The highest BCUT2D eigenvalue weighted by molar-refractivity contribution is 7.89. The summed E-state index contributed by atoms with van der Waals surface area (Å²) in [5.41, 5.74) is 2.90. The molecule has 4 rings (SSSR count). The summed E-state index contributed by atoms with van der Waals surface area (Å²) in [6.07, 6.45) is 5.47. The average molecular weight is 391 g/mol. The Bertz CT molecular complexity index is 1000. The lowest BCUT2D eigenvalue weighted by atomic mass is 9.97. The Hall–Kier alpha value is -2.00. The first kappa shape index (κ1) is 18.4. The molecule has 0 amide bonds. The number of sulfonamides is 1. The van der Waals surface area contributed by atoms with E-state index in [9.17, 15) is 13.2 Å². The third-order valence-corrected chi connectivity index (χ3v) is 7.82. The van der Waals surface area contributed by atoms with Crippen LogP contribution in [0.5, 0.6) is 0 Å². The van der Waals surface area contributed by atoms with Crippen LogP contribution in [0.2, 0.25) is 0 Å². The van der Waals surface area contributed by atoms with Gasteiger partial charge in [-0.25, -0.2) is 13.1 Å². The van der Waals surface area contributed by atoms with E-state index >= 15 is 0 Å². The van der Waals surface area contributed by atoms with E-state index in [2.05, 4.69) is 15.3 Å². The monoisotopic (exact) mass is 391 g/mol. The van der Waals surface area contributed by atoms with Gasteiger partial charge in [0.15, 0.2) is 0 Å². The average Bonchev–Trinajstić information content (AvgIpc) is 3.22. The van der Waals surface area contributed by atoms with Gasteiger partial charge < -0.3 is 0 Å². The highest BCUT2D eigenvalue weighted by Gasteiger charge is 2.38. The fraction of sp³-hybridized carbons (Fsp3) is 0.611. The van der Waals surface area contributed by atoms with Crippen molar-refractivity contribution in [3.63, 3.8) is 0 Å². The predicted octanol–water partition coefficient (Wildman–Crippen LogP) is 1.32. The molecule has 1 aliphatic carbocycles. The van der Waals surface area contributed by atoms with Crippen molar-refractivity contribution >= 4 is 10.0 Å². The van der Waals surface area contributed by atoms with E-state index in [1.807, 2.05) is 0 Å². The Morgan fingerprint density at radius 1 is 1.22 bits per heavy atom. The first-order chi connectivity index (χ1) is 12.9. The minimum absolute atomic E-state index is 0.143. The quantitative estimate of drug-likeness (QED) is 0.847. The summed E-state index contributed by atoms with van der Waals surface area (Å²) in [5.74, 6) is 0. The van der Waals surface area contributed by atoms with Gasteiger partial charge in [0.1, 0.15) is 4.90 Å². The number of nitrogens with zero attached hydrogens (tertiary/aromatic N) is 4. The van der Waals surface area contributed by atoms with Crippen LogP contribution in [-0.4, -0.2) is 45.3 Å². The van der Waals surface area contributed by atoms with Crippen molar-refractivity contribution in [2.75, 3.05) is 6.54 Å². The third kappa shape index (κ3) is 3.23. The van der Waals surface area contributed by atoms with Crippen LogP contribution in [0.25, 0.3) is 0 Å². The van der Waals surface area contributed by atoms with Gasteiger partial charge in [-0.1, -0.05) is 0 Å². The van der Waals surface area contributed by atoms with E-state index < -0.39 is 10.0 Å². The van der Waals surface area contributed by atoms with Crippen molar-refractivity contribution < 1.29 is 8.42 Å². The zero-order chi connectivity index (χ0) is 19.2. The number of aromatic nitrogens is 4. The predicted molar refractivity (Wildman–Crippen MR) is 100 cm³/mol. The van der Waals surface area contributed by atoms with E-state index in [4.69, 9.17) is 0 Å². The van der Waals surface area contributed by atoms with Crippen LogP contribution in [0.4, 0.5) is 0 Å². The molecule has 146 valence electrons. The molecule has 2 aliphatic rings. The number of nitrogens with one attached hydrogen (secondary N) is 1. The van der Waals surface area contributed by atoms with Gasteiger partial charge >= 0.3 is 0 Å². The summed E-state index contributed by atoms with van der Waals surface area (Å²) >= 11 is 0. The van der Waals surface area contributed by atoms with Gasteiger partial charge in [0.2, 0.25) is 10.0 Å². The molecule has 1 atom stereocenters. The molecular weight excluding hydrogens is 366 g/mol. The molecule has 1 fully saturated rings. The molecule has 0 aromatic carbocycles. The number of aryl methyl sites for hydroxylation is 4. The summed E-state index contributed by atoms with van der Waals surface area (Å²) in [6, 6.07) is 1.41. The lowest BCUT2D eigenvalue weighted by Crippen LogP contribution is -2.41. The Morgan fingerprint density at radius 2 is 2.00 bits per heavy atom. The second kappa shape index (κ2) is 6.87. The molecule has 2 aromatic rings. The van der Waals surface area contributed by atoms with E-state index in [1.165, 1.54) is 8.99 Å². The highest BCUT2D eigenvalue weighted by Crippen LogP contribution is 2.29. The smallest absolute Gasteiger partial charge is 0.267 e. The van der Waals surface area contributed by atoms with Crippen LogP contribution in [0, 0.1) is 13.8 Å². The SMILES string of the molecule is Cc1n[nH]c(C)c1S(=O)(=O)N1CCCC1Cn1nc2c(cc1=O)CCCC2.